The molecule has 1 rings (SSSR count). The van der Waals surface area contributed by atoms with Crippen LogP contribution in [0, 0.1) is 11.3 Å². The third kappa shape index (κ3) is 5.21. The van der Waals surface area contributed by atoms with Crippen LogP contribution in [-0.2, 0) is 9.59 Å². The largest absolute Gasteiger partial charge is 0.481 e. The third-order valence-corrected chi connectivity index (χ3v) is 3.81. The molecule has 0 aromatic rings. The lowest BCUT2D eigenvalue weighted by molar-refractivity contribution is -0.166. The van der Waals surface area contributed by atoms with Gasteiger partial charge >= 0.3 is 12.1 Å². The van der Waals surface area contributed by atoms with Gasteiger partial charge in [0, 0.05) is 13.0 Å². The number of aliphatic carboxylic acids is 1. The number of alkyl halides is 3. The Morgan fingerprint density at radius 3 is 2.14 bits per heavy atom. The van der Waals surface area contributed by atoms with Crippen LogP contribution >= 0.6 is 0 Å². The average molecular weight is 309 g/mol. The summed E-state index contributed by atoms with van der Waals surface area (Å²) in [6.45, 7) is 2.10. The van der Waals surface area contributed by atoms with Gasteiger partial charge in [-0.1, -0.05) is 26.7 Å². The molecule has 0 aromatic heterocycles. The second-order valence-corrected chi connectivity index (χ2v) is 6.25. The first-order valence-corrected chi connectivity index (χ1v) is 7.14. The third-order valence-electron chi connectivity index (χ3n) is 3.81. The zero-order valence-electron chi connectivity index (χ0n) is 12.4. The van der Waals surface area contributed by atoms with Crippen molar-refractivity contribution in [3.63, 3.8) is 0 Å². The van der Waals surface area contributed by atoms with Crippen molar-refractivity contribution in [1.82, 2.24) is 4.90 Å². The Balaban J connectivity index is 2.82. The normalized spacial score (nSPS) is 18.0. The molecule has 0 aromatic carbocycles. The lowest BCUT2D eigenvalue weighted by Gasteiger charge is -2.30. The van der Waals surface area contributed by atoms with Gasteiger partial charge in [-0.2, -0.15) is 13.2 Å². The Kier molecular flexibility index (Phi) is 5.64. The fraction of sp³-hybridized carbons (Fsp3) is 0.857. The highest BCUT2D eigenvalue weighted by Crippen LogP contribution is 2.42. The van der Waals surface area contributed by atoms with E-state index in [0.717, 1.165) is 4.90 Å². The van der Waals surface area contributed by atoms with Gasteiger partial charge in [-0.15, -0.1) is 0 Å². The molecule has 7 heteroatoms. The van der Waals surface area contributed by atoms with Gasteiger partial charge in [-0.05, 0) is 18.8 Å². The molecule has 0 unspecified atom stereocenters. The van der Waals surface area contributed by atoms with Crippen molar-refractivity contribution < 1.29 is 27.9 Å². The molecule has 0 radical (unpaired) electrons. The smallest absolute Gasteiger partial charge is 0.406 e. The summed E-state index contributed by atoms with van der Waals surface area (Å²) in [4.78, 5) is 24.3. The van der Waals surface area contributed by atoms with Crippen LogP contribution < -0.4 is 0 Å². The molecular weight excluding hydrogens is 287 g/mol. The van der Waals surface area contributed by atoms with E-state index in [4.69, 9.17) is 0 Å². The van der Waals surface area contributed by atoms with Crippen LogP contribution in [0.15, 0.2) is 0 Å². The van der Waals surface area contributed by atoms with Crippen LogP contribution in [0.5, 0.6) is 0 Å². The molecule has 0 saturated heterocycles. The van der Waals surface area contributed by atoms with E-state index in [1.807, 2.05) is 0 Å². The monoisotopic (exact) mass is 309 g/mol. The molecule has 1 amide bonds. The molecule has 4 nitrogen and oxygen atoms in total. The number of nitrogens with zero attached hydrogens (tertiary/aromatic N) is 1. The Labute approximate surface area is 122 Å². The molecule has 1 fully saturated rings. The van der Waals surface area contributed by atoms with E-state index in [0.29, 0.717) is 25.7 Å². The molecule has 21 heavy (non-hydrogen) atoms. The first-order valence-electron chi connectivity index (χ1n) is 7.14. The first kappa shape index (κ1) is 17.8. The number of carbonyl (C=O) groups excluding carboxylic acids is 1. The lowest BCUT2D eigenvalue weighted by atomic mass is 9.82. The second kappa shape index (κ2) is 6.66. The number of carbonyl (C=O) groups is 2. The van der Waals surface area contributed by atoms with Crippen LogP contribution in [0.3, 0.4) is 0 Å². The summed E-state index contributed by atoms with van der Waals surface area (Å²) in [6, 6.07) is 0. The van der Waals surface area contributed by atoms with Crippen molar-refractivity contribution in [2.75, 3.05) is 13.1 Å². The molecule has 0 heterocycles. The minimum Gasteiger partial charge on any atom is -0.481 e. The highest BCUT2D eigenvalue weighted by Gasteiger charge is 2.44. The molecule has 1 N–H and O–H groups in total. The van der Waals surface area contributed by atoms with Gasteiger partial charge in [0.15, 0.2) is 0 Å². The number of carboxylic acids is 1. The summed E-state index contributed by atoms with van der Waals surface area (Å²) in [6.07, 6.45) is -2.71. The highest BCUT2D eigenvalue weighted by atomic mass is 19.4. The first-order chi connectivity index (χ1) is 9.56. The van der Waals surface area contributed by atoms with E-state index in [9.17, 15) is 27.9 Å². The minimum absolute atomic E-state index is 0.0198. The Morgan fingerprint density at radius 2 is 1.76 bits per heavy atom. The molecule has 1 aliphatic carbocycles. The molecule has 0 atom stereocenters. The number of amides is 1. The zero-order valence-corrected chi connectivity index (χ0v) is 12.4. The van der Waals surface area contributed by atoms with Crippen molar-refractivity contribution in [2.24, 2.45) is 11.3 Å². The topological polar surface area (TPSA) is 57.6 Å². The maximum absolute atomic E-state index is 12.6. The van der Waals surface area contributed by atoms with Crippen molar-refractivity contribution in [3.8, 4) is 0 Å². The van der Waals surface area contributed by atoms with Gasteiger partial charge in [0.1, 0.15) is 6.54 Å². The summed E-state index contributed by atoms with van der Waals surface area (Å²) in [5, 5.41) is 9.32. The molecule has 0 bridgehead atoms. The molecular formula is C14H22F3NO3. The quantitative estimate of drug-likeness (QED) is 0.820. The van der Waals surface area contributed by atoms with Gasteiger partial charge < -0.3 is 10.0 Å². The fourth-order valence-electron chi connectivity index (χ4n) is 2.83. The van der Waals surface area contributed by atoms with Gasteiger partial charge in [-0.25, -0.2) is 0 Å². The average Bonchev–Trinajstić information content (AvgIpc) is 2.75. The minimum atomic E-state index is -4.48. The summed E-state index contributed by atoms with van der Waals surface area (Å²) in [5.41, 5.74) is -1.18. The number of hydrogen-bond acceptors (Lipinski definition) is 2. The summed E-state index contributed by atoms with van der Waals surface area (Å²) >= 11 is 0. The van der Waals surface area contributed by atoms with E-state index in [-0.39, 0.29) is 18.9 Å². The van der Waals surface area contributed by atoms with Gasteiger partial charge in [0.2, 0.25) is 5.91 Å². The maximum atomic E-state index is 12.6. The predicted octanol–water partition coefficient (Wildman–Crippen LogP) is 3.07. The summed E-state index contributed by atoms with van der Waals surface area (Å²) in [5.74, 6) is -1.91. The van der Waals surface area contributed by atoms with E-state index in [2.05, 4.69) is 0 Å². The van der Waals surface area contributed by atoms with Crippen LogP contribution in [-0.4, -0.2) is 41.1 Å². The predicted molar refractivity (Wildman–Crippen MR) is 70.6 cm³/mol. The summed E-state index contributed by atoms with van der Waals surface area (Å²) in [7, 11) is 0. The Hall–Kier alpha value is -1.27. The van der Waals surface area contributed by atoms with E-state index in [1.165, 1.54) is 0 Å². The van der Waals surface area contributed by atoms with E-state index in [1.54, 1.807) is 13.8 Å². The van der Waals surface area contributed by atoms with Gasteiger partial charge in [0.25, 0.3) is 0 Å². The maximum Gasteiger partial charge on any atom is 0.406 e. The van der Waals surface area contributed by atoms with Gasteiger partial charge in [0.05, 0.1) is 5.41 Å². The zero-order chi connectivity index (χ0) is 16.3. The Bertz CT molecular complexity index is 387. The lowest BCUT2D eigenvalue weighted by Crippen LogP contribution is -2.44. The van der Waals surface area contributed by atoms with Crippen LogP contribution in [0.25, 0.3) is 0 Å². The van der Waals surface area contributed by atoms with Crippen molar-refractivity contribution in [2.45, 2.75) is 52.1 Å². The van der Waals surface area contributed by atoms with E-state index < -0.39 is 30.0 Å². The van der Waals surface area contributed by atoms with Crippen LogP contribution in [0.1, 0.15) is 46.0 Å². The fourth-order valence-corrected chi connectivity index (χ4v) is 2.83. The second-order valence-electron chi connectivity index (χ2n) is 6.25. The standard InChI is InChI=1S/C14H22F3NO3/c1-10(2)8-18(9-14(15,16)17)11(19)7-13(12(20)21)5-3-4-6-13/h10H,3-9H2,1-2H3,(H,20,21). The number of halogens is 3. The molecule has 122 valence electrons. The van der Waals surface area contributed by atoms with Crippen molar-refractivity contribution in [3.05, 3.63) is 0 Å². The van der Waals surface area contributed by atoms with Crippen LogP contribution in [0.4, 0.5) is 13.2 Å². The highest BCUT2D eigenvalue weighted by molar-refractivity contribution is 5.85. The molecule has 0 spiro atoms. The summed E-state index contributed by atoms with van der Waals surface area (Å²) < 4.78 is 37.7. The number of rotatable bonds is 6. The van der Waals surface area contributed by atoms with Crippen molar-refractivity contribution in [1.29, 1.82) is 0 Å². The van der Waals surface area contributed by atoms with Crippen molar-refractivity contribution >= 4 is 11.9 Å². The number of carboxylic acid groups (broad SMARTS) is 1. The molecule has 1 saturated carbocycles. The molecule has 0 aliphatic heterocycles. The SMILES string of the molecule is CC(C)CN(CC(F)(F)F)C(=O)CC1(C(=O)O)CCCC1. The Morgan fingerprint density at radius 1 is 1.24 bits per heavy atom. The van der Waals surface area contributed by atoms with E-state index >= 15 is 0 Å². The van der Waals surface area contributed by atoms with Crippen LogP contribution in [0.2, 0.25) is 0 Å². The number of hydrogen-bond donors (Lipinski definition) is 1. The van der Waals surface area contributed by atoms with Gasteiger partial charge in [-0.3, -0.25) is 9.59 Å². The molecule has 1 aliphatic rings.